The molecule has 15 heavy (non-hydrogen) atoms. The summed E-state index contributed by atoms with van der Waals surface area (Å²) in [5.41, 5.74) is 4.90. The fourth-order valence-corrected chi connectivity index (χ4v) is 2.28. The molecule has 0 aromatic carbocycles. The van der Waals surface area contributed by atoms with Crippen molar-refractivity contribution in [2.45, 2.75) is 13.0 Å². The van der Waals surface area contributed by atoms with Gasteiger partial charge in [0, 0.05) is 18.1 Å². The lowest BCUT2D eigenvalue weighted by atomic mass is 10.1. The zero-order valence-electron chi connectivity index (χ0n) is 8.77. The van der Waals surface area contributed by atoms with Crippen LogP contribution in [0.4, 0.5) is 0 Å². The quantitative estimate of drug-likeness (QED) is 0.608. The third-order valence-corrected chi connectivity index (χ3v) is 3.15. The van der Waals surface area contributed by atoms with Gasteiger partial charge in [0.15, 0.2) is 0 Å². The maximum atomic E-state index is 5.56. The van der Waals surface area contributed by atoms with Gasteiger partial charge in [-0.2, -0.15) is 0 Å². The summed E-state index contributed by atoms with van der Waals surface area (Å²) in [4.78, 5) is 5.58. The van der Waals surface area contributed by atoms with E-state index >= 15 is 0 Å². The van der Waals surface area contributed by atoms with E-state index in [9.17, 15) is 0 Å². The van der Waals surface area contributed by atoms with Crippen LogP contribution in [0.3, 0.4) is 0 Å². The average Bonchev–Trinajstić information content (AvgIpc) is 2.78. The van der Waals surface area contributed by atoms with Crippen LogP contribution < -0.4 is 11.3 Å². The Morgan fingerprint density at radius 3 is 2.87 bits per heavy atom. The number of thiophene rings is 1. The Labute approximate surface area is 92.7 Å². The van der Waals surface area contributed by atoms with Crippen molar-refractivity contribution in [3.63, 3.8) is 0 Å². The van der Waals surface area contributed by atoms with Crippen molar-refractivity contribution in [3.05, 3.63) is 40.1 Å². The molecule has 80 valence electrons. The van der Waals surface area contributed by atoms with E-state index in [0.29, 0.717) is 0 Å². The number of aromatic nitrogens is 2. The number of rotatable bonds is 3. The Hall–Kier alpha value is -1.17. The zero-order valence-corrected chi connectivity index (χ0v) is 9.58. The van der Waals surface area contributed by atoms with E-state index < -0.39 is 0 Å². The van der Waals surface area contributed by atoms with Crippen LogP contribution in [0.2, 0.25) is 0 Å². The number of hydrazine groups is 1. The first-order valence-electron chi connectivity index (χ1n) is 4.69. The van der Waals surface area contributed by atoms with Crippen LogP contribution in [0.25, 0.3) is 0 Å². The standard InChI is InChI=1S/C10H14N4S/c1-7-3-8(5-15-7)10(13-11)9-4-14(2)6-12-9/h3-6,10,13H,11H2,1-2H3. The number of hydrogen-bond acceptors (Lipinski definition) is 4. The number of imidazole rings is 1. The third kappa shape index (κ3) is 2.09. The van der Waals surface area contributed by atoms with E-state index in [1.165, 1.54) is 10.4 Å². The normalized spacial score (nSPS) is 13.0. The Morgan fingerprint density at radius 2 is 2.40 bits per heavy atom. The monoisotopic (exact) mass is 222 g/mol. The Balaban J connectivity index is 2.32. The van der Waals surface area contributed by atoms with E-state index in [1.54, 1.807) is 17.7 Å². The van der Waals surface area contributed by atoms with Crippen LogP contribution in [0, 0.1) is 6.92 Å². The predicted molar refractivity (Wildman–Crippen MR) is 61.4 cm³/mol. The molecule has 0 aliphatic rings. The summed E-state index contributed by atoms with van der Waals surface area (Å²) >= 11 is 1.72. The highest BCUT2D eigenvalue weighted by molar-refractivity contribution is 7.10. The predicted octanol–water partition coefficient (Wildman–Crippen LogP) is 1.34. The summed E-state index contributed by atoms with van der Waals surface area (Å²) in [6.45, 7) is 2.08. The van der Waals surface area contributed by atoms with E-state index in [2.05, 4.69) is 28.8 Å². The van der Waals surface area contributed by atoms with Crippen molar-refractivity contribution in [2.24, 2.45) is 12.9 Å². The molecule has 0 aliphatic carbocycles. The molecule has 2 aromatic heterocycles. The van der Waals surface area contributed by atoms with E-state index in [4.69, 9.17) is 5.84 Å². The van der Waals surface area contributed by atoms with Gasteiger partial charge in [0.25, 0.3) is 0 Å². The number of nitrogens with one attached hydrogen (secondary N) is 1. The van der Waals surface area contributed by atoms with E-state index in [-0.39, 0.29) is 6.04 Å². The topological polar surface area (TPSA) is 55.9 Å². The SMILES string of the molecule is Cc1cc(C(NN)c2cn(C)cn2)cs1. The van der Waals surface area contributed by atoms with Gasteiger partial charge in [0.2, 0.25) is 0 Å². The van der Waals surface area contributed by atoms with Crippen LogP contribution in [-0.2, 0) is 7.05 Å². The van der Waals surface area contributed by atoms with Crippen LogP contribution in [-0.4, -0.2) is 9.55 Å². The number of hydrogen-bond donors (Lipinski definition) is 2. The van der Waals surface area contributed by atoms with Gasteiger partial charge >= 0.3 is 0 Å². The van der Waals surface area contributed by atoms with Gasteiger partial charge in [-0.1, -0.05) is 0 Å². The third-order valence-electron chi connectivity index (χ3n) is 2.27. The molecular formula is C10H14N4S. The molecule has 2 heterocycles. The second-order valence-corrected chi connectivity index (χ2v) is 4.67. The second-order valence-electron chi connectivity index (χ2n) is 3.55. The number of aryl methyl sites for hydroxylation is 2. The van der Waals surface area contributed by atoms with E-state index in [1.807, 2.05) is 17.8 Å². The van der Waals surface area contributed by atoms with Crippen molar-refractivity contribution in [3.8, 4) is 0 Å². The molecule has 1 atom stereocenters. The van der Waals surface area contributed by atoms with Crippen LogP contribution in [0.15, 0.2) is 24.0 Å². The number of nitrogens with two attached hydrogens (primary N) is 1. The van der Waals surface area contributed by atoms with Gasteiger partial charge in [0.05, 0.1) is 18.1 Å². The highest BCUT2D eigenvalue weighted by atomic mass is 32.1. The molecule has 0 fully saturated rings. The molecular weight excluding hydrogens is 208 g/mol. The molecule has 0 amide bonds. The lowest BCUT2D eigenvalue weighted by Gasteiger charge is -2.11. The van der Waals surface area contributed by atoms with Gasteiger partial charge in [-0.15, -0.1) is 11.3 Å². The Bertz CT molecular complexity index is 405. The highest BCUT2D eigenvalue weighted by Crippen LogP contribution is 2.24. The molecule has 0 saturated carbocycles. The molecule has 0 radical (unpaired) electrons. The average molecular weight is 222 g/mol. The molecule has 0 aliphatic heterocycles. The van der Waals surface area contributed by atoms with Crippen molar-refractivity contribution in [1.82, 2.24) is 15.0 Å². The molecule has 3 N–H and O–H groups in total. The second kappa shape index (κ2) is 4.14. The van der Waals surface area contributed by atoms with Crippen molar-refractivity contribution in [1.29, 1.82) is 0 Å². The molecule has 0 spiro atoms. The minimum Gasteiger partial charge on any atom is -0.340 e. The molecule has 1 unspecified atom stereocenters. The summed E-state index contributed by atoms with van der Waals surface area (Å²) in [5.74, 6) is 5.56. The van der Waals surface area contributed by atoms with Crippen molar-refractivity contribution >= 4 is 11.3 Å². The first-order valence-corrected chi connectivity index (χ1v) is 5.57. The lowest BCUT2D eigenvalue weighted by molar-refractivity contribution is 0.624. The number of nitrogens with zero attached hydrogens (tertiary/aromatic N) is 2. The Kier molecular flexibility index (Phi) is 2.86. The maximum absolute atomic E-state index is 5.56. The Morgan fingerprint density at radius 1 is 1.60 bits per heavy atom. The fourth-order valence-electron chi connectivity index (χ4n) is 1.55. The first kappa shape index (κ1) is 10.4. The molecule has 4 nitrogen and oxygen atoms in total. The molecule has 0 bridgehead atoms. The van der Waals surface area contributed by atoms with E-state index in [0.717, 1.165) is 5.69 Å². The smallest absolute Gasteiger partial charge is 0.0947 e. The van der Waals surface area contributed by atoms with Gasteiger partial charge in [0.1, 0.15) is 0 Å². The summed E-state index contributed by atoms with van der Waals surface area (Å²) in [6.07, 6.45) is 3.75. The molecule has 0 saturated heterocycles. The minimum atomic E-state index is -0.0175. The molecule has 2 rings (SSSR count). The van der Waals surface area contributed by atoms with Gasteiger partial charge < -0.3 is 4.57 Å². The fraction of sp³-hybridized carbons (Fsp3) is 0.300. The summed E-state index contributed by atoms with van der Waals surface area (Å²) in [6, 6.07) is 2.11. The first-order chi connectivity index (χ1) is 7.20. The summed E-state index contributed by atoms with van der Waals surface area (Å²) < 4.78 is 1.92. The van der Waals surface area contributed by atoms with Crippen LogP contribution >= 0.6 is 11.3 Å². The van der Waals surface area contributed by atoms with Crippen molar-refractivity contribution < 1.29 is 0 Å². The minimum absolute atomic E-state index is 0.0175. The van der Waals surface area contributed by atoms with Crippen LogP contribution in [0.1, 0.15) is 22.2 Å². The highest BCUT2D eigenvalue weighted by Gasteiger charge is 2.15. The van der Waals surface area contributed by atoms with Crippen LogP contribution in [0.5, 0.6) is 0 Å². The zero-order chi connectivity index (χ0) is 10.8. The molecule has 2 aromatic rings. The summed E-state index contributed by atoms with van der Waals surface area (Å²) in [5, 5.41) is 2.11. The van der Waals surface area contributed by atoms with Gasteiger partial charge in [-0.3, -0.25) is 5.84 Å². The lowest BCUT2D eigenvalue weighted by Crippen LogP contribution is -2.28. The largest absolute Gasteiger partial charge is 0.340 e. The molecule has 5 heteroatoms. The van der Waals surface area contributed by atoms with Gasteiger partial charge in [-0.05, 0) is 23.9 Å². The summed E-state index contributed by atoms with van der Waals surface area (Å²) in [7, 11) is 1.95. The van der Waals surface area contributed by atoms with Gasteiger partial charge in [-0.25, -0.2) is 10.4 Å². The van der Waals surface area contributed by atoms with Crippen molar-refractivity contribution in [2.75, 3.05) is 0 Å². The maximum Gasteiger partial charge on any atom is 0.0947 e.